The third-order valence-corrected chi connectivity index (χ3v) is 5.56. The fourth-order valence-corrected chi connectivity index (χ4v) is 4.14. The van der Waals surface area contributed by atoms with E-state index in [1.165, 1.54) is 10.6 Å². The maximum Gasteiger partial charge on any atom is 0.251 e. The molecule has 1 N–H and O–H groups in total. The van der Waals surface area contributed by atoms with E-state index < -0.39 is 0 Å². The molecule has 27 heavy (non-hydrogen) atoms. The molecule has 1 amide bonds. The second-order valence-corrected chi connectivity index (χ2v) is 7.35. The molecular weight excluding hydrogens is 356 g/mol. The maximum atomic E-state index is 12.1. The van der Waals surface area contributed by atoms with Crippen molar-refractivity contribution in [2.45, 2.75) is 22.6 Å². The van der Waals surface area contributed by atoms with Crippen molar-refractivity contribution in [1.82, 2.24) is 15.3 Å². The van der Waals surface area contributed by atoms with Gasteiger partial charge in [0.05, 0.1) is 22.5 Å². The highest BCUT2D eigenvalue weighted by atomic mass is 32.2. The van der Waals surface area contributed by atoms with E-state index in [-0.39, 0.29) is 5.91 Å². The van der Waals surface area contributed by atoms with Gasteiger partial charge in [-0.15, -0.1) is 0 Å². The zero-order valence-corrected chi connectivity index (χ0v) is 15.7. The number of carbonyl (C=O) groups excluding carboxylic acids is 1. The molecule has 0 radical (unpaired) electrons. The van der Waals surface area contributed by atoms with Crippen LogP contribution in [0.5, 0.6) is 0 Å². The number of unbranched alkanes of at least 4 members (excludes halogenated alkanes) is 1. The molecule has 2 aromatic heterocycles. The van der Waals surface area contributed by atoms with E-state index in [1.54, 1.807) is 11.8 Å². The van der Waals surface area contributed by atoms with Crippen LogP contribution in [0.4, 0.5) is 11.4 Å². The van der Waals surface area contributed by atoms with Gasteiger partial charge in [-0.3, -0.25) is 14.8 Å². The summed E-state index contributed by atoms with van der Waals surface area (Å²) in [6, 6.07) is 13.4. The molecule has 1 aliphatic rings. The number of aromatic nitrogens is 2. The van der Waals surface area contributed by atoms with Crippen LogP contribution in [-0.4, -0.2) is 29.0 Å². The van der Waals surface area contributed by atoms with Crippen LogP contribution in [0.1, 0.15) is 23.2 Å². The zero-order valence-electron chi connectivity index (χ0n) is 14.8. The van der Waals surface area contributed by atoms with Gasteiger partial charge in [-0.2, -0.15) is 0 Å². The van der Waals surface area contributed by atoms with E-state index in [2.05, 4.69) is 26.3 Å². The number of fused-ring (bicyclic) bond motifs is 2. The first-order valence-electron chi connectivity index (χ1n) is 8.99. The quantitative estimate of drug-likeness (QED) is 0.651. The predicted molar refractivity (Wildman–Crippen MR) is 108 cm³/mol. The molecule has 0 unspecified atom stereocenters. The smallest absolute Gasteiger partial charge is 0.251 e. The highest BCUT2D eigenvalue weighted by Gasteiger charge is 2.23. The van der Waals surface area contributed by atoms with E-state index in [1.807, 2.05) is 61.2 Å². The van der Waals surface area contributed by atoms with Gasteiger partial charge in [-0.25, -0.2) is 0 Å². The molecule has 0 saturated carbocycles. The van der Waals surface area contributed by atoms with Crippen LogP contribution in [0, 0.1) is 0 Å². The van der Waals surface area contributed by atoms with Gasteiger partial charge in [0.15, 0.2) is 0 Å². The second kappa shape index (κ2) is 8.22. The van der Waals surface area contributed by atoms with Crippen LogP contribution in [0.3, 0.4) is 0 Å². The molecule has 3 heterocycles. The summed E-state index contributed by atoms with van der Waals surface area (Å²) in [5.74, 6) is -0.0176. The van der Waals surface area contributed by atoms with E-state index in [9.17, 15) is 4.79 Å². The van der Waals surface area contributed by atoms with Crippen LogP contribution in [0.2, 0.25) is 0 Å². The van der Waals surface area contributed by atoms with Gasteiger partial charge in [0.1, 0.15) is 0 Å². The summed E-state index contributed by atoms with van der Waals surface area (Å²) in [4.78, 5) is 25.3. The number of hydrogen-bond donors (Lipinski definition) is 1. The molecule has 0 spiro atoms. The summed E-state index contributed by atoms with van der Waals surface area (Å²) < 4.78 is 0. The van der Waals surface area contributed by atoms with Crippen LogP contribution in [0.15, 0.2) is 77.0 Å². The Bertz CT molecular complexity index is 887. The standard InChI is InChI=1S/C21H20N4OS/c26-21(16-6-2-1-3-7-16)24-10-4-5-13-25-17-8-11-23-15-20(17)27-19-9-12-22-14-18(19)25/h1-3,6-9,11-12,14-15H,4-5,10,13H2,(H,24,26). The third-order valence-electron chi connectivity index (χ3n) is 4.46. The lowest BCUT2D eigenvalue weighted by Gasteiger charge is -2.32. The molecule has 0 aliphatic carbocycles. The van der Waals surface area contributed by atoms with Crippen LogP contribution in [0.25, 0.3) is 0 Å². The molecule has 136 valence electrons. The van der Waals surface area contributed by atoms with Crippen LogP contribution < -0.4 is 10.2 Å². The van der Waals surface area contributed by atoms with Crippen molar-refractivity contribution in [2.24, 2.45) is 0 Å². The summed E-state index contributed by atoms with van der Waals surface area (Å²) in [5.41, 5.74) is 3.00. The minimum Gasteiger partial charge on any atom is -0.352 e. The Morgan fingerprint density at radius 2 is 1.74 bits per heavy atom. The number of amides is 1. The van der Waals surface area contributed by atoms with Gasteiger partial charge in [-0.1, -0.05) is 30.0 Å². The van der Waals surface area contributed by atoms with E-state index in [4.69, 9.17) is 0 Å². The SMILES string of the molecule is O=C(NCCCCN1c2ccncc2Sc2ccncc21)c1ccccc1. The largest absolute Gasteiger partial charge is 0.352 e. The number of hydrogen-bond acceptors (Lipinski definition) is 5. The molecule has 0 bridgehead atoms. The molecule has 1 aliphatic heterocycles. The maximum absolute atomic E-state index is 12.1. The Morgan fingerprint density at radius 1 is 0.926 bits per heavy atom. The summed E-state index contributed by atoms with van der Waals surface area (Å²) in [6.07, 6.45) is 9.37. The third kappa shape index (κ3) is 3.95. The van der Waals surface area contributed by atoms with Crippen molar-refractivity contribution in [3.05, 3.63) is 72.8 Å². The van der Waals surface area contributed by atoms with Crippen molar-refractivity contribution in [2.75, 3.05) is 18.0 Å². The minimum atomic E-state index is -0.0176. The predicted octanol–water partition coefficient (Wildman–Crippen LogP) is 4.29. The van der Waals surface area contributed by atoms with Gasteiger partial charge in [0.25, 0.3) is 5.91 Å². The summed E-state index contributed by atoms with van der Waals surface area (Å²) in [5, 5.41) is 2.99. The Kier molecular flexibility index (Phi) is 5.34. The van der Waals surface area contributed by atoms with Crippen LogP contribution >= 0.6 is 11.8 Å². The first-order chi connectivity index (χ1) is 13.3. The molecule has 4 rings (SSSR count). The lowest BCUT2D eigenvalue weighted by Crippen LogP contribution is -2.26. The number of rotatable bonds is 6. The molecule has 0 fully saturated rings. The monoisotopic (exact) mass is 376 g/mol. The number of carbonyl (C=O) groups is 1. The summed E-state index contributed by atoms with van der Waals surface area (Å²) in [7, 11) is 0. The number of benzene rings is 1. The van der Waals surface area contributed by atoms with Crippen molar-refractivity contribution >= 4 is 29.0 Å². The Morgan fingerprint density at radius 3 is 2.63 bits per heavy atom. The highest BCUT2D eigenvalue weighted by Crippen LogP contribution is 2.47. The van der Waals surface area contributed by atoms with Gasteiger partial charge < -0.3 is 10.2 Å². The molecule has 0 atom stereocenters. The minimum absolute atomic E-state index is 0.0176. The fraction of sp³-hybridized carbons (Fsp3) is 0.190. The molecule has 3 aromatic rings. The first-order valence-corrected chi connectivity index (χ1v) is 9.81. The Hall–Kier alpha value is -2.86. The van der Waals surface area contributed by atoms with Crippen molar-refractivity contribution in [3.8, 4) is 0 Å². The number of nitrogens with zero attached hydrogens (tertiary/aromatic N) is 3. The van der Waals surface area contributed by atoms with Crippen LogP contribution in [-0.2, 0) is 0 Å². The number of pyridine rings is 2. The lowest BCUT2D eigenvalue weighted by atomic mass is 10.2. The lowest BCUT2D eigenvalue weighted by molar-refractivity contribution is 0.0953. The molecular formula is C21H20N4OS. The second-order valence-electron chi connectivity index (χ2n) is 6.27. The average molecular weight is 376 g/mol. The number of nitrogens with one attached hydrogen (secondary N) is 1. The molecule has 1 aromatic carbocycles. The van der Waals surface area contributed by atoms with E-state index >= 15 is 0 Å². The molecule has 0 saturated heterocycles. The van der Waals surface area contributed by atoms with Crippen molar-refractivity contribution < 1.29 is 4.79 Å². The highest BCUT2D eigenvalue weighted by molar-refractivity contribution is 7.99. The zero-order chi connectivity index (χ0) is 18.5. The van der Waals surface area contributed by atoms with Crippen molar-refractivity contribution in [3.63, 3.8) is 0 Å². The summed E-state index contributed by atoms with van der Waals surface area (Å²) >= 11 is 1.73. The summed E-state index contributed by atoms with van der Waals surface area (Å²) in [6.45, 7) is 1.54. The fourth-order valence-electron chi connectivity index (χ4n) is 3.11. The molecule has 6 heteroatoms. The van der Waals surface area contributed by atoms with E-state index in [0.29, 0.717) is 12.1 Å². The van der Waals surface area contributed by atoms with Crippen molar-refractivity contribution in [1.29, 1.82) is 0 Å². The van der Waals surface area contributed by atoms with Gasteiger partial charge in [0, 0.05) is 42.1 Å². The van der Waals surface area contributed by atoms with Gasteiger partial charge in [-0.05, 0) is 37.1 Å². The number of anilines is 2. The average Bonchev–Trinajstić information content (AvgIpc) is 2.73. The normalized spacial score (nSPS) is 12.2. The van der Waals surface area contributed by atoms with Gasteiger partial charge in [0.2, 0.25) is 0 Å². The topological polar surface area (TPSA) is 58.1 Å². The first kappa shape index (κ1) is 17.5. The van der Waals surface area contributed by atoms with Gasteiger partial charge >= 0.3 is 0 Å². The Labute approximate surface area is 162 Å². The van der Waals surface area contributed by atoms with E-state index in [0.717, 1.165) is 30.0 Å². The Balaban J connectivity index is 1.35. The molecule has 5 nitrogen and oxygen atoms in total.